The molecule has 0 aromatic heterocycles. The van der Waals surface area contributed by atoms with Gasteiger partial charge in [0.25, 0.3) is 0 Å². The Labute approximate surface area is 127 Å². The first-order valence-electron chi connectivity index (χ1n) is 7.49. The smallest absolute Gasteiger partial charge is 0.240 e. The fraction of sp³-hybridized carbons (Fsp3) is 0.600. The molecule has 118 valence electrons. The summed E-state index contributed by atoms with van der Waals surface area (Å²) in [7, 11) is -1.72. The third kappa shape index (κ3) is 4.69. The van der Waals surface area contributed by atoms with Gasteiger partial charge >= 0.3 is 0 Å². The van der Waals surface area contributed by atoms with E-state index >= 15 is 0 Å². The van der Waals surface area contributed by atoms with Crippen LogP contribution in [0.1, 0.15) is 31.2 Å². The molecule has 0 saturated heterocycles. The Hall–Kier alpha value is -1.11. The minimum Gasteiger partial charge on any atom is -0.385 e. The van der Waals surface area contributed by atoms with Crippen LogP contribution in [0, 0.1) is 0 Å². The molecule has 2 rings (SSSR count). The van der Waals surface area contributed by atoms with Crippen LogP contribution in [0.2, 0.25) is 0 Å². The van der Waals surface area contributed by atoms with E-state index in [1.54, 1.807) is 19.2 Å². The Morgan fingerprint density at radius 3 is 2.95 bits per heavy atom. The molecule has 1 heterocycles. The highest BCUT2D eigenvalue weighted by Gasteiger charge is 2.16. The number of hydrogen-bond donors (Lipinski definition) is 2. The molecule has 6 heteroatoms. The minimum atomic E-state index is -3.40. The van der Waals surface area contributed by atoms with Crippen LogP contribution in [0.5, 0.6) is 0 Å². The summed E-state index contributed by atoms with van der Waals surface area (Å²) in [6.07, 6.45) is 4.73. The van der Waals surface area contributed by atoms with Crippen LogP contribution in [-0.4, -0.2) is 35.2 Å². The zero-order valence-corrected chi connectivity index (χ0v) is 13.3. The fourth-order valence-corrected chi connectivity index (χ4v) is 3.58. The molecule has 0 saturated carbocycles. The van der Waals surface area contributed by atoms with Crippen molar-refractivity contribution in [3.8, 4) is 0 Å². The van der Waals surface area contributed by atoms with Crippen LogP contribution < -0.4 is 10.0 Å². The number of aryl methyl sites for hydroxylation is 1. The van der Waals surface area contributed by atoms with Crippen molar-refractivity contribution < 1.29 is 13.2 Å². The number of sulfonamides is 1. The van der Waals surface area contributed by atoms with Gasteiger partial charge in [-0.1, -0.05) is 0 Å². The van der Waals surface area contributed by atoms with E-state index in [9.17, 15) is 8.42 Å². The molecule has 0 radical (unpaired) electrons. The predicted molar refractivity (Wildman–Crippen MR) is 84.2 cm³/mol. The number of unbranched alkanes of at least 4 members (excludes halogenated alkanes) is 2. The Kier molecular flexibility index (Phi) is 6.02. The number of ether oxygens (including phenoxy) is 1. The molecule has 0 spiro atoms. The largest absolute Gasteiger partial charge is 0.385 e. The van der Waals surface area contributed by atoms with Crippen molar-refractivity contribution in [1.29, 1.82) is 0 Å². The predicted octanol–water partition coefficient (Wildman–Crippen LogP) is 2.14. The molecule has 1 aromatic carbocycles. The Bertz CT molecular complexity index is 558. The maximum absolute atomic E-state index is 12.3. The maximum Gasteiger partial charge on any atom is 0.240 e. The molecule has 2 N–H and O–H groups in total. The van der Waals surface area contributed by atoms with Crippen molar-refractivity contribution in [2.24, 2.45) is 0 Å². The lowest BCUT2D eigenvalue weighted by atomic mass is 10.0. The van der Waals surface area contributed by atoms with Gasteiger partial charge in [-0.25, -0.2) is 13.1 Å². The average molecular weight is 312 g/mol. The zero-order valence-electron chi connectivity index (χ0n) is 12.5. The highest BCUT2D eigenvalue weighted by atomic mass is 32.2. The molecule has 0 atom stereocenters. The van der Waals surface area contributed by atoms with Crippen molar-refractivity contribution in [3.63, 3.8) is 0 Å². The van der Waals surface area contributed by atoms with Crippen LogP contribution in [0.15, 0.2) is 23.1 Å². The van der Waals surface area contributed by atoms with Crippen molar-refractivity contribution in [2.45, 2.75) is 37.0 Å². The second-order valence-electron chi connectivity index (χ2n) is 5.30. The molecular weight excluding hydrogens is 288 g/mol. The van der Waals surface area contributed by atoms with E-state index in [-0.39, 0.29) is 0 Å². The van der Waals surface area contributed by atoms with Gasteiger partial charge in [0.1, 0.15) is 0 Å². The molecule has 1 aliphatic rings. The van der Waals surface area contributed by atoms with E-state index in [2.05, 4.69) is 10.0 Å². The van der Waals surface area contributed by atoms with E-state index in [4.69, 9.17) is 4.74 Å². The standard InChI is InChI=1S/C15H24N2O3S/c1-20-11-4-2-3-10-17-21(18,19)14-7-8-15-13(12-14)6-5-9-16-15/h7-8,12,16-17H,2-6,9-11H2,1H3. The molecule has 0 aliphatic carbocycles. The number of anilines is 1. The Balaban J connectivity index is 1.90. The Morgan fingerprint density at radius 2 is 2.14 bits per heavy atom. The van der Waals surface area contributed by atoms with Gasteiger partial charge in [-0.2, -0.15) is 0 Å². The number of fused-ring (bicyclic) bond motifs is 1. The normalized spacial score (nSPS) is 14.5. The number of nitrogens with one attached hydrogen (secondary N) is 2. The third-order valence-corrected chi connectivity index (χ3v) is 5.10. The molecule has 21 heavy (non-hydrogen) atoms. The van der Waals surface area contributed by atoms with E-state index < -0.39 is 10.0 Å². The highest BCUT2D eigenvalue weighted by molar-refractivity contribution is 7.89. The van der Waals surface area contributed by atoms with Crippen LogP contribution >= 0.6 is 0 Å². The average Bonchev–Trinajstić information content (AvgIpc) is 2.50. The summed E-state index contributed by atoms with van der Waals surface area (Å²) < 4.78 is 32.1. The van der Waals surface area contributed by atoms with Gasteiger partial charge in [-0.15, -0.1) is 0 Å². The van der Waals surface area contributed by atoms with Gasteiger partial charge in [0, 0.05) is 32.5 Å². The molecule has 5 nitrogen and oxygen atoms in total. The first kappa shape index (κ1) is 16.3. The van der Waals surface area contributed by atoms with E-state index in [0.29, 0.717) is 11.4 Å². The lowest BCUT2D eigenvalue weighted by Gasteiger charge is -2.18. The molecule has 1 aliphatic heterocycles. The van der Waals surface area contributed by atoms with Gasteiger partial charge < -0.3 is 10.1 Å². The molecule has 0 unspecified atom stereocenters. The van der Waals surface area contributed by atoms with Crippen molar-refractivity contribution in [2.75, 3.05) is 32.1 Å². The minimum absolute atomic E-state index is 0.363. The van der Waals surface area contributed by atoms with E-state index in [0.717, 1.165) is 56.5 Å². The first-order chi connectivity index (χ1) is 10.1. The van der Waals surface area contributed by atoms with Crippen LogP contribution in [0.25, 0.3) is 0 Å². The monoisotopic (exact) mass is 312 g/mol. The lowest BCUT2D eigenvalue weighted by molar-refractivity contribution is 0.192. The molecule has 0 fully saturated rings. The van der Waals surface area contributed by atoms with Gasteiger partial charge in [-0.05, 0) is 55.9 Å². The maximum atomic E-state index is 12.3. The molecule has 1 aromatic rings. The summed E-state index contributed by atoms with van der Waals surface area (Å²) in [6, 6.07) is 5.32. The van der Waals surface area contributed by atoms with Gasteiger partial charge in [0.15, 0.2) is 0 Å². The fourth-order valence-electron chi connectivity index (χ4n) is 2.46. The second-order valence-corrected chi connectivity index (χ2v) is 7.07. The molecular formula is C15H24N2O3S. The molecule has 0 bridgehead atoms. The number of benzene rings is 1. The van der Waals surface area contributed by atoms with Gasteiger partial charge in [0.05, 0.1) is 4.90 Å². The van der Waals surface area contributed by atoms with Crippen LogP contribution in [0.3, 0.4) is 0 Å². The lowest BCUT2D eigenvalue weighted by Crippen LogP contribution is -2.25. The summed E-state index contributed by atoms with van der Waals surface area (Å²) >= 11 is 0. The SMILES string of the molecule is COCCCCCNS(=O)(=O)c1ccc2c(c1)CCCN2. The highest BCUT2D eigenvalue weighted by Crippen LogP contribution is 2.24. The Morgan fingerprint density at radius 1 is 1.29 bits per heavy atom. The summed E-state index contributed by atoms with van der Waals surface area (Å²) in [4.78, 5) is 0.363. The number of hydrogen-bond acceptors (Lipinski definition) is 4. The van der Waals surface area contributed by atoms with Crippen molar-refractivity contribution in [1.82, 2.24) is 4.72 Å². The van der Waals surface area contributed by atoms with Gasteiger partial charge in [0.2, 0.25) is 10.0 Å². The van der Waals surface area contributed by atoms with Crippen LogP contribution in [0.4, 0.5) is 5.69 Å². The van der Waals surface area contributed by atoms with Crippen molar-refractivity contribution in [3.05, 3.63) is 23.8 Å². The first-order valence-corrected chi connectivity index (χ1v) is 8.97. The van der Waals surface area contributed by atoms with Crippen molar-refractivity contribution >= 4 is 15.7 Å². The second kappa shape index (κ2) is 7.77. The van der Waals surface area contributed by atoms with Gasteiger partial charge in [-0.3, -0.25) is 0 Å². The van der Waals surface area contributed by atoms with Crippen LogP contribution in [-0.2, 0) is 21.2 Å². The quantitative estimate of drug-likeness (QED) is 0.722. The zero-order chi connectivity index (χ0) is 15.1. The summed E-state index contributed by atoms with van der Waals surface area (Å²) in [5, 5.41) is 3.29. The summed E-state index contributed by atoms with van der Waals surface area (Å²) in [6.45, 7) is 2.16. The summed E-state index contributed by atoms with van der Waals surface area (Å²) in [5.41, 5.74) is 2.14. The van der Waals surface area contributed by atoms with E-state index in [1.807, 2.05) is 6.07 Å². The topological polar surface area (TPSA) is 67.4 Å². The third-order valence-electron chi connectivity index (χ3n) is 3.64. The van der Waals surface area contributed by atoms with E-state index in [1.165, 1.54) is 0 Å². The number of rotatable bonds is 8. The number of methoxy groups -OCH3 is 1. The molecule has 0 amide bonds. The summed E-state index contributed by atoms with van der Waals surface area (Å²) in [5.74, 6) is 0.